The standard InChI is InChI=1S/C23H27ClN2O3S/c1-16(19-6-5-17-3-2-4-20(17)15-19)25-23(27)18-11-13-26(14-12-18)30(28,29)22-9-7-21(24)8-10-22/h5-10,15-16,18H,2-4,11-14H2,1H3,(H,25,27). The number of piperidine rings is 1. The van der Waals surface area contributed by atoms with E-state index in [9.17, 15) is 13.2 Å². The molecule has 0 radical (unpaired) electrons. The van der Waals surface area contributed by atoms with Gasteiger partial charge >= 0.3 is 0 Å². The topological polar surface area (TPSA) is 66.5 Å². The lowest BCUT2D eigenvalue weighted by Gasteiger charge is -2.31. The number of nitrogens with zero attached hydrogens (tertiary/aromatic N) is 1. The predicted octanol–water partition coefficient (Wildman–Crippen LogP) is 4.11. The van der Waals surface area contributed by atoms with Crippen LogP contribution in [0.1, 0.15) is 48.9 Å². The minimum absolute atomic E-state index is 0.00605. The summed E-state index contributed by atoms with van der Waals surface area (Å²) in [4.78, 5) is 13.0. The average molecular weight is 447 g/mol. The Labute approximate surface area is 183 Å². The molecule has 1 aliphatic carbocycles. The monoisotopic (exact) mass is 446 g/mol. The van der Waals surface area contributed by atoms with Crippen LogP contribution in [0.25, 0.3) is 0 Å². The summed E-state index contributed by atoms with van der Waals surface area (Å²) in [5.74, 6) is -0.162. The molecule has 2 aliphatic rings. The molecular formula is C23H27ClN2O3S. The Morgan fingerprint density at radius 1 is 1.07 bits per heavy atom. The Hall–Kier alpha value is -1.89. The van der Waals surface area contributed by atoms with E-state index in [1.54, 1.807) is 12.1 Å². The molecule has 5 nitrogen and oxygen atoms in total. The zero-order valence-corrected chi connectivity index (χ0v) is 18.7. The average Bonchev–Trinajstić information content (AvgIpc) is 3.22. The van der Waals surface area contributed by atoms with Crippen molar-refractivity contribution >= 4 is 27.5 Å². The van der Waals surface area contributed by atoms with Crippen LogP contribution in [0.5, 0.6) is 0 Å². The minimum Gasteiger partial charge on any atom is -0.349 e. The highest BCUT2D eigenvalue weighted by Gasteiger charge is 2.32. The van der Waals surface area contributed by atoms with Gasteiger partial charge in [-0.25, -0.2) is 8.42 Å². The van der Waals surface area contributed by atoms with E-state index in [4.69, 9.17) is 11.6 Å². The van der Waals surface area contributed by atoms with Crippen LogP contribution in [0.2, 0.25) is 5.02 Å². The van der Waals surface area contributed by atoms with Gasteiger partial charge in [0.1, 0.15) is 0 Å². The highest BCUT2D eigenvalue weighted by molar-refractivity contribution is 7.89. The summed E-state index contributed by atoms with van der Waals surface area (Å²) in [6, 6.07) is 12.7. The van der Waals surface area contributed by atoms with Crippen LogP contribution in [0.15, 0.2) is 47.4 Å². The van der Waals surface area contributed by atoms with Crippen molar-refractivity contribution in [3.63, 3.8) is 0 Å². The number of sulfonamides is 1. The number of aryl methyl sites for hydroxylation is 2. The van der Waals surface area contributed by atoms with Crippen LogP contribution >= 0.6 is 11.6 Å². The van der Waals surface area contributed by atoms with Crippen molar-refractivity contribution < 1.29 is 13.2 Å². The molecule has 1 heterocycles. The number of amides is 1. The maximum Gasteiger partial charge on any atom is 0.243 e. The van der Waals surface area contributed by atoms with Gasteiger partial charge in [-0.3, -0.25) is 4.79 Å². The summed E-state index contributed by atoms with van der Waals surface area (Å²) in [5, 5.41) is 3.63. The normalized spacial score (nSPS) is 18.7. The van der Waals surface area contributed by atoms with Gasteiger partial charge < -0.3 is 5.32 Å². The second-order valence-corrected chi connectivity index (χ2v) is 10.6. The number of benzene rings is 2. The number of fused-ring (bicyclic) bond motifs is 1. The summed E-state index contributed by atoms with van der Waals surface area (Å²) in [6.45, 7) is 2.70. The number of nitrogens with one attached hydrogen (secondary N) is 1. The summed E-state index contributed by atoms with van der Waals surface area (Å²) in [6.07, 6.45) is 4.51. The Morgan fingerprint density at radius 3 is 2.43 bits per heavy atom. The Morgan fingerprint density at radius 2 is 1.73 bits per heavy atom. The van der Waals surface area contributed by atoms with Crippen LogP contribution < -0.4 is 5.32 Å². The van der Waals surface area contributed by atoms with E-state index in [0.29, 0.717) is 31.0 Å². The van der Waals surface area contributed by atoms with Gasteiger partial charge in [-0.2, -0.15) is 4.31 Å². The molecule has 1 saturated heterocycles. The molecule has 0 spiro atoms. The molecule has 0 aromatic heterocycles. The van der Waals surface area contributed by atoms with Crippen molar-refractivity contribution in [2.24, 2.45) is 5.92 Å². The highest BCUT2D eigenvalue weighted by Crippen LogP contribution is 2.27. The maximum absolute atomic E-state index is 12.8. The number of carbonyl (C=O) groups excluding carboxylic acids is 1. The summed E-state index contributed by atoms with van der Waals surface area (Å²) in [5.41, 5.74) is 3.95. The van der Waals surface area contributed by atoms with Crippen LogP contribution in [0, 0.1) is 5.92 Å². The Kier molecular flexibility index (Phi) is 6.19. The van der Waals surface area contributed by atoms with E-state index < -0.39 is 10.0 Å². The van der Waals surface area contributed by atoms with E-state index in [1.165, 1.54) is 34.0 Å². The van der Waals surface area contributed by atoms with Crippen LogP contribution in [0.4, 0.5) is 0 Å². The summed E-state index contributed by atoms with van der Waals surface area (Å²) < 4.78 is 27.1. The molecule has 1 N–H and O–H groups in total. The molecular weight excluding hydrogens is 420 g/mol. The smallest absolute Gasteiger partial charge is 0.243 e. The largest absolute Gasteiger partial charge is 0.349 e. The molecule has 2 aromatic rings. The number of hydrogen-bond donors (Lipinski definition) is 1. The van der Waals surface area contributed by atoms with Gasteiger partial charge in [0.15, 0.2) is 0 Å². The first kappa shape index (κ1) is 21.3. The number of rotatable bonds is 5. The molecule has 1 atom stereocenters. The molecule has 4 rings (SSSR count). The number of hydrogen-bond acceptors (Lipinski definition) is 3. The van der Waals surface area contributed by atoms with Crippen molar-refractivity contribution in [2.45, 2.75) is 50.0 Å². The van der Waals surface area contributed by atoms with Gasteiger partial charge in [-0.15, -0.1) is 0 Å². The van der Waals surface area contributed by atoms with Crippen LogP contribution in [-0.4, -0.2) is 31.7 Å². The fourth-order valence-electron chi connectivity index (χ4n) is 4.39. The van der Waals surface area contributed by atoms with Gasteiger partial charge in [0.25, 0.3) is 0 Å². The van der Waals surface area contributed by atoms with Crippen molar-refractivity contribution in [3.8, 4) is 0 Å². The second kappa shape index (κ2) is 8.69. The van der Waals surface area contributed by atoms with Crippen molar-refractivity contribution in [3.05, 3.63) is 64.2 Å². The van der Waals surface area contributed by atoms with E-state index in [0.717, 1.165) is 18.4 Å². The number of carbonyl (C=O) groups is 1. The van der Waals surface area contributed by atoms with E-state index in [-0.39, 0.29) is 22.8 Å². The first-order valence-electron chi connectivity index (χ1n) is 10.5. The molecule has 1 amide bonds. The van der Waals surface area contributed by atoms with E-state index >= 15 is 0 Å². The van der Waals surface area contributed by atoms with E-state index in [2.05, 4.69) is 23.5 Å². The molecule has 1 aliphatic heterocycles. The van der Waals surface area contributed by atoms with Gasteiger partial charge in [0.2, 0.25) is 15.9 Å². The van der Waals surface area contributed by atoms with Gasteiger partial charge in [-0.05, 0) is 80.0 Å². The molecule has 0 saturated carbocycles. The lowest BCUT2D eigenvalue weighted by molar-refractivity contribution is -0.126. The Bertz CT molecular complexity index is 1030. The van der Waals surface area contributed by atoms with Gasteiger partial charge in [-0.1, -0.05) is 29.8 Å². The van der Waals surface area contributed by atoms with Gasteiger partial charge in [0, 0.05) is 24.0 Å². The molecule has 1 fully saturated rings. The van der Waals surface area contributed by atoms with Gasteiger partial charge in [0.05, 0.1) is 10.9 Å². The lowest BCUT2D eigenvalue weighted by Crippen LogP contribution is -2.43. The second-order valence-electron chi connectivity index (χ2n) is 8.24. The predicted molar refractivity (Wildman–Crippen MR) is 118 cm³/mol. The quantitative estimate of drug-likeness (QED) is 0.751. The third-order valence-electron chi connectivity index (χ3n) is 6.26. The van der Waals surface area contributed by atoms with Crippen LogP contribution in [0.3, 0.4) is 0 Å². The fourth-order valence-corrected chi connectivity index (χ4v) is 5.99. The third kappa shape index (κ3) is 4.41. The van der Waals surface area contributed by atoms with Crippen molar-refractivity contribution in [2.75, 3.05) is 13.1 Å². The lowest BCUT2D eigenvalue weighted by atomic mass is 9.96. The first-order valence-corrected chi connectivity index (χ1v) is 12.3. The van der Waals surface area contributed by atoms with Crippen molar-refractivity contribution in [1.82, 2.24) is 9.62 Å². The van der Waals surface area contributed by atoms with Crippen molar-refractivity contribution in [1.29, 1.82) is 0 Å². The number of halogens is 1. The molecule has 7 heteroatoms. The molecule has 0 bridgehead atoms. The zero-order valence-electron chi connectivity index (χ0n) is 17.1. The third-order valence-corrected chi connectivity index (χ3v) is 8.42. The Balaban J connectivity index is 1.34. The van der Waals surface area contributed by atoms with E-state index in [1.807, 2.05) is 6.92 Å². The molecule has 160 valence electrons. The summed E-state index contributed by atoms with van der Waals surface area (Å²) in [7, 11) is -3.56. The van der Waals surface area contributed by atoms with Crippen LogP contribution in [-0.2, 0) is 27.7 Å². The molecule has 30 heavy (non-hydrogen) atoms. The molecule has 1 unspecified atom stereocenters. The SMILES string of the molecule is CC(NC(=O)C1CCN(S(=O)(=O)c2ccc(Cl)cc2)CC1)c1ccc2c(c1)CCC2. The fraction of sp³-hybridized carbons (Fsp3) is 0.435. The maximum atomic E-state index is 12.8. The highest BCUT2D eigenvalue weighted by atomic mass is 35.5. The first-order chi connectivity index (χ1) is 14.3. The molecule has 2 aromatic carbocycles. The zero-order chi connectivity index (χ0) is 21.3. The minimum atomic E-state index is -3.56. The summed E-state index contributed by atoms with van der Waals surface area (Å²) >= 11 is 5.86.